The summed E-state index contributed by atoms with van der Waals surface area (Å²) in [5, 5.41) is 14.9. The zero-order valence-corrected chi connectivity index (χ0v) is 15.2. The van der Waals surface area contributed by atoms with E-state index in [9.17, 15) is 14.9 Å². The molecule has 0 bridgehead atoms. The summed E-state index contributed by atoms with van der Waals surface area (Å²) in [6, 6.07) is 11.5. The number of nitrogens with zero attached hydrogens (tertiary/aromatic N) is 2. The Morgan fingerprint density at radius 1 is 1.30 bits per heavy atom. The summed E-state index contributed by atoms with van der Waals surface area (Å²) in [6.45, 7) is 1.07. The second-order valence-corrected chi connectivity index (χ2v) is 7.06. The number of nitro groups is 1. The van der Waals surface area contributed by atoms with Crippen molar-refractivity contribution >= 4 is 28.9 Å². The summed E-state index contributed by atoms with van der Waals surface area (Å²) < 4.78 is 5.71. The fourth-order valence-electron chi connectivity index (χ4n) is 3.59. The highest BCUT2D eigenvalue weighted by atomic mass is 35.5. The maximum absolute atomic E-state index is 13.2. The lowest BCUT2D eigenvalue weighted by Gasteiger charge is -2.39. The first kappa shape index (κ1) is 17.8. The number of rotatable bonds is 4. The van der Waals surface area contributed by atoms with Crippen LogP contribution in [0.1, 0.15) is 34.9 Å². The number of ether oxygens (including phenoxy) is 1. The molecular weight excluding hydrogens is 370 g/mol. The number of para-hydroxylation sites is 1. The first-order valence-electron chi connectivity index (χ1n) is 8.76. The van der Waals surface area contributed by atoms with Gasteiger partial charge in [0.25, 0.3) is 11.6 Å². The van der Waals surface area contributed by atoms with Crippen molar-refractivity contribution in [1.82, 2.24) is 4.90 Å². The minimum atomic E-state index is -0.607. The first-order chi connectivity index (χ1) is 13.0. The van der Waals surface area contributed by atoms with Crippen LogP contribution in [0.4, 0.5) is 11.4 Å². The Balaban J connectivity index is 1.77. The van der Waals surface area contributed by atoms with E-state index in [2.05, 4.69) is 5.32 Å². The molecule has 2 aliphatic rings. The van der Waals surface area contributed by atoms with Gasteiger partial charge in [-0.2, -0.15) is 0 Å². The average molecular weight is 388 g/mol. The van der Waals surface area contributed by atoms with E-state index in [0.29, 0.717) is 35.0 Å². The molecule has 1 amide bonds. The molecule has 1 saturated heterocycles. The van der Waals surface area contributed by atoms with Crippen LogP contribution in [-0.4, -0.2) is 35.0 Å². The van der Waals surface area contributed by atoms with Crippen LogP contribution in [0.3, 0.4) is 0 Å². The molecule has 4 rings (SSSR count). The van der Waals surface area contributed by atoms with E-state index in [1.165, 1.54) is 18.2 Å². The number of non-ortho nitro benzene ring substituents is 1. The lowest BCUT2D eigenvalue weighted by Crippen LogP contribution is -2.46. The van der Waals surface area contributed by atoms with Crippen molar-refractivity contribution in [2.24, 2.45) is 0 Å². The molecule has 140 valence electrons. The van der Waals surface area contributed by atoms with Gasteiger partial charge in [-0.05, 0) is 31.0 Å². The van der Waals surface area contributed by atoms with Crippen LogP contribution in [0, 0.1) is 10.1 Å². The number of fused-ring (bicyclic) bond motifs is 1. The first-order valence-corrected chi connectivity index (χ1v) is 9.14. The normalized spacial score (nSPS) is 21.7. The van der Waals surface area contributed by atoms with Crippen LogP contribution in [-0.2, 0) is 4.74 Å². The largest absolute Gasteiger partial charge is 0.376 e. The van der Waals surface area contributed by atoms with Crippen molar-refractivity contribution < 1.29 is 14.5 Å². The Morgan fingerprint density at radius 3 is 2.85 bits per heavy atom. The molecule has 0 aromatic heterocycles. The highest BCUT2D eigenvalue weighted by Gasteiger charge is 2.36. The second kappa shape index (κ2) is 7.17. The second-order valence-electron chi connectivity index (χ2n) is 6.65. The fraction of sp³-hybridized carbons (Fsp3) is 0.316. The minimum absolute atomic E-state index is 0.0546. The lowest BCUT2D eigenvalue weighted by atomic mass is 10.0. The van der Waals surface area contributed by atoms with E-state index in [4.69, 9.17) is 16.3 Å². The molecule has 0 aliphatic carbocycles. The summed E-state index contributed by atoms with van der Waals surface area (Å²) in [5.74, 6) is -0.146. The predicted octanol–water partition coefficient (Wildman–Crippen LogP) is 3.99. The van der Waals surface area contributed by atoms with Crippen LogP contribution in [0.25, 0.3) is 0 Å². The van der Waals surface area contributed by atoms with Gasteiger partial charge in [-0.3, -0.25) is 14.9 Å². The minimum Gasteiger partial charge on any atom is -0.376 e. The van der Waals surface area contributed by atoms with Gasteiger partial charge in [-0.15, -0.1) is 0 Å². The van der Waals surface area contributed by atoms with Gasteiger partial charge in [-0.25, -0.2) is 0 Å². The number of hydrogen-bond donors (Lipinski definition) is 1. The molecule has 1 N–H and O–H groups in total. The molecule has 2 atom stereocenters. The summed E-state index contributed by atoms with van der Waals surface area (Å²) in [6.07, 6.45) is 1.17. The van der Waals surface area contributed by atoms with Gasteiger partial charge in [0, 0.05) is 41.6 Å². The van der Waals surface area contributed by atoms with Crippen molar-refractivity contribution in [2.75, 3.05) is 18.5 Å². The van der Waals surface area contributed by atoms with Gasteiger partial charge in [0.05, 0.1) is 16.6 Å². The zero-order chi connectivity index (χ0) is 19.0. The molecule has 1 fully saturated rings. The maximum Gasteiger partial charge on any atom is 0.269 e. The van der Waals surface area contributed by atoms with E-state index in [1.54, 1.807) is 11.0 Å². The topological polar surface area (TPSA) is 84.7 Å². The van der Waals surface area contributed by atoms with E-state index < -0.39 is 11.1 Å². The number of hydrogen-bond acceptors (Lipinski definition) is 5. The zero-order valence-electron chi connectivity index (χ0n) is 14.4. The lowest BCUT2D eigenvalue weighted by molar-refractivity contribution is -0.384. The molecular formula is C19H18ClN3O4. The van der Waals surface area contributed by atoms with Crippen LogP contribution in [0.5, 0.6) is 0 Å². The van der Waals surface area contributed by atoms with E-state index in [1.807, 2.05) is 18.2 Å². The van der Waals surface area contributed by atoms with Crippen molar-refractivity contribution in [2.45, 2.75) is 25.1 Å². The van der Waals surface area contributed by atoms with E-state index in [0.717, 1.165) is 12.8 Å². The quantitative estimate of drug-likeness (QED) is 0.633. The third-order valence-electron chi connectivity index (χ3n) is 4.93. The molecule has 27 heavy (non-hydrogen) atoms. The maximum atomic E-state index is 13.2. The van der Waals surface area contributed by atoms with Crippen molar-refractivity contribution in [3.05, 3.63) is 68.7 Å². The van der Waals surface area contributed by atoms with Crippen LogP contribution >= 0.6 is 11.6 Å². The number of anilines is 1. The Labute approximate surface area is 161 Å². The molecule has 2 aromatic rings. The number of carbonyl (C=O) groups is 1. The predicted molar refractivity (Wildman–Crippen MR) is 101 cm³/mol. The molecule has 7 nitrogen and oxygen atoms in total. The fourth-order valence-corrected chi connectivity index (χ4v) is 3.81. The van der Waals surface area contributed by atoms with Crippen LogP contribution < -0.4 is 5.32 Å². The van der Waals surface area contributed by atoms with Gasteiger partial charge < -0.3 is 15.0 Å². The average Bonchev–Trinajstić information content (AvgIpc) is 3.17. The third-order valence-corrected chi connectivity index (χ3v) is 5.28. The number of halogens is 1. The number of benzene rings is 2. The Bertz CT molecular complexity index is 898. The van der Waals surface area contributed by atoms with Gasteiger partial charge in [0.1, 0.15) is 6.17 Å². The van der Waals surface area contributed by atoms with Crippen molar-refractivity contribution in [3.8, 4) is 0 Å². The summed E-state index contributed by atoms with van der Waals surface area (Å²) in [7, 11) is 0. The molecule has 8 heteroatoms. The molecule has 0 spiro atoms. The van der Waals surface area contributed by atoms with Crippen LogP contribution in [0.2, 0.25) is 5.02 Å². The van der Waals surface area contributed by atoms with Crippen molar-refractivity contribution in [3.63, 3.8) is 0 Å². The summed E-state index contributed by atoms with van der Waals surface area (Å²) in [5.41, 5.74) is 1.67. The smallest absolute Gasteiger partial charge is 0.269 e. The van der Waals surface area contributed by atoms with Crippen LogP contribution in [0.15, 0.2) is 42.5 Å². The summed E-state index contributed by atoms with van der Waals surface area (Å²) in [4.78, 5) is 25.6. The van der Waals surface area contributed by atoms with E-state index >= 15 is 0 Å². The monoisotopic (exact) mass is 387 g/mol. The third kappa shape index (κ3) is 3.36. The number of nitrogens with one attached hydrogen (secondary N) is 1. The van der Waals surface area contributed by atoms with Crippen molar-refractivity contribution in [1.29, 1.82) is 0 Å². The highest BCUT2D eigenvalue weighted by Crippen LogP contribution is 2.37. The molecule has 0 saturated carbocycles. The molecule has 2 aromatic carbocycles. The van der Waals surface area contributed by atoms with Gasteiger partial charge in [0.15, 0.2) is 0 Å². The number of amides is 1. The Morgan fingerprint density at radius 2 is 2.11 bits per heavy atom. The molecule has 0 radical (unpaired) electrons. The highest BCUT2D eigenvalue weighted by molar-refractivity contribution is 6.31. The summed E-state index contributed by atoms with van der Waals surface area (Å²) >= 11 is 6.36. The Kier molecular flexibility index (Phi) is 4.72. The Hall–Kier alpha value is -2.64. The van der Waals surface area contributed by atoms with Gasteiger partial charge >= 0.3 is 0 Å². The molecule has 2 aliphatic heterocycles. The number of carbonyl (C=O) groups excluding carboxylic acids is 1. The number of nitro benzene ring substituents is 1. The van der Waals surface area contributed by atoms with Gasteiger partial charge in [-0.1, -0.05) is 23.7 Å². The molecule has 2 heterocycles. The standard InChI is InChI=1S/C19H18ClN3O4/c20-16-8-7-12(23(25)26)10-15(16)18-21-17-6-2-1-5-14(17)19(24)22(18)11-13-4-3-9-27-13/h1-2,5-8,10,13,18,21H,3-4,9,11H2. The SMILES string of the molecule is O=C1c2ccccc2NC(c2cc([N+](=O)[O-])ccc2Cl)N1CC1CCCO1. The van der Waals surface area contributed by atoms with E-state index in [-0.39, 0.29) is 17.7 Å². The van der Waals surface area contributed by atoms with Gasteiger partial charge in [0.2, 0.25) is 0 Å². The molecule has 2 unspecified atom stereocenters.